The third-order valence-electron chi connectivity index (χ3n) is 18.0. The first kappa shape index (κ1) is 105. The van der Waals surface area contributed by atoms with Crippen LogP contribution < -0.4 is 141 Å². The van der Waals surface area contributed by atoms with Crippen molar-refractivity contribution in [3.63, 3.8) is 0 Å². The van der Waals surface area contributed by atoms with Crippen molar-refractivity contribution >= 4 is 118 Å². The molecule has 46 nitrogen and oxygen atoms in total. The maximum absolute atomic E-state index is 14.0. The molecule has 2 aromatic rings. The molecule has 2 aromatic carbocycles. The van der Waals surface area contributed by atoms with E-state index in [2.05, 4.69) is 101 Å². The van der Waals surface area contributed by atoms with Crippen LogP contribution in [0.4, 0.5) is 0 Å². The van der Waals surface area contributed by atoms with E-state index in [1.807, 2.05) is 0 Å². The second-order valence-electron chi connectivity index (χ2n) is 29.1. The molecule has 678 valence electrons. The smallest absolute Gasteiger partial charge is 0.243 e. The molecule has 9 atom stereocenters. The molecule has 46 heteroatoms. The number of hydrogen-bond donors (Lipinski definition) is 28. The number of primary amides is 1. The monoisotopic (exact) mass is 1720 g/mol. The number of carbonyl (C=O) groups excluding carboxylic acids is 18. The van der Waals surface area contributed by atoms with Gasteiger partial charge in [-0.2, -0.15) is 0 Å². The Kier molecular flexibility index (Phi) is 51.7. The van der Waals surface area contributed by atoms with E-state index in [0.29, 0.717) is 25.7 Å². The summed E-state index contributed by atoms with van der Waals surface area (Å²) in [5.41, 5.74) is 41.3. The lowest BCUT2D eigenvalue weighted by Gasteiger charge is -2.27. The number of carbonyl (C=O) groups is 18. The highest BCUT2D eigenvalue weighted by molar-refractivity contribution is 5.99. The zero-order valence-corrected chi connectivity index (χ0v) is 69.5. The van der Waals surface area contributed by atoms with Gasteiger partial charge in [0.15, 0.2) is 11.9 Å². The van der Waals surface area contributed by atoms with Crippen molar-refractivity contribution in [2.75, 3.05) is 91.6 Å². The first-order valence-electron chi connectivity index (χ1n) is 40.2. The van der Waals surface area contributed by atoms with Crippen molar-refractivity contribution in [2.24, 2.45) is 52.0 Å². The van der Waals surface area contributed by atoms with Gasteiger partial charge in [-0.25, -0.2) is 0 Å². The van der Waals surface area contributed by atoms with Crippen LogP contribution in [0, 0.1) is 22.7 Å². The highest BCUT2D eigenvalue weighted by Crippen LogP contribution is 2.13. The third-order valence-corrected chi connectivity index (χ3v) is 18.0. The molecule has 0 saturated heterocycles. The van der Waals surface area contributed by atoms with E-state index in [9.17, 15) is 86.3 Å². The SMILES string of the molecule is CC(C)[C@H](NC(=O)[C@H](CCCCN)NC(=O)[C@H](CCCNC(=N)N)NC(=O)[C@@H](N)Cc1ccccc1)C(=O)NCC(=O)NCC(=O)NCC(=O)NCCCC[C@H](NC(=O)CNC(=O)CNC(=O)CNC(=O)[C@@H](NC(=O)[C@H](CCCCN)NC(=O)[C@H](CCCNC(=N)N)NC(=O)[C@@H](N)Cc1ccccc1)C(C)C)C(=O)NCC(=O)NCC(=O)NCC(N)=O. The van der Waals surface area contributed by atoms with Crippen molar-refractivity contribution in [1.82, 2.24) is 101 Å². The summed E-state index contributed by atoms with van der Waals surface area (Å²) < 4.78 is 0. The Morgan fingerprint density at radius 2 is 0.557 bits per heavy atom. The Labute approximate surface area is 707 Å². The summed E-state index contributed by atoms with van der Waals surface area (Å²) in [5, 5.41) is 61.8. The van der Waals surface area contributed by atoms with E-state index in [0.717, 1.165) is 11.1 Å². The van der Waals surface area contributed by atoms with Gasteiger partial charge in [-0.1, -0.05) is 88.4 Å². The van der Waals surface area contributed by atoms with Gasteiger partial charge < -0.3 is 141 Å². The summed E-state index contributed by atoms with van der Waals surface area (Å²) in [6.45, 7) is 1.44. The fourth-order valence-electron chi connectivity index (χ4n) is 11.3. The van der Waals surface area contributed by atoms with Gasteiger partial charge in [-0.05, 0) is 132 Å². The van der Waals surface area contributed by atoms with Crippen LogP contribution in [0.3, 0.4) is 0 Å². The first-order valence-corrected chi connectivity index (χ1v) is 40.2. The largest absolute Gasteiger partial charge is 0.370 e. The molecule has 0 spiro atoms. The molecule has 18 amide bonds. The molecule has 0 aliphatic carbocycles. The average Bonchev–Trinajstić information content (AvgIpc) is 0.861. The van der Waals surface area contributed by atoms with Gasteiger partial charge in [0.2, 0.25) is 106 Å². The second-order valence-corrected chi connectivity index (χ2v) is 29.1. The number of guanidine groups is 2. The van der Waals surface area contributed by atoms with Crippen molar-refractivity contribution in [2.45, 2.75) is 178 Å². The fourth-order valence-corrected chi connectivity index (χ4v) is 11.3. The number of nitrogens with one attached hydrogen (secondary N) is 21. The minimum absolute atomic E-state index is 0.0383. The molecule has 0 saturated carbocycles. The number of amides is 18. The molecule has 0 aliphatic heterocycles. The number of rotatable bonds is 61. The highest BCUT2D eigenvalue weighted by atomic mass is 16.2. The van der Waals surface area contributed by atoms with Gasteiger partial charge in [-0.15, -0.1) is 0 Å². The standard InChI is InChI=1S/C76H126N28O18/c1-44(2)64(103-71(119)51(23-11-14-28-77)101-69(117)53(26-17-31-87-75(82)83)99-66(114)48(79)33-46-19-7-5-8-20-46)73(121)96-41-61(111)92-38-58(108)90-36-56(106)86-30-16-13-25-50(68(116)95-40-60(110)91-37-57(107)89-35-55(81)105)98-63(113)43-94-59(109)39-93-62(112)42-97-74(122)65(45(3)4)104-72(120)52(24-12-15-29-78)102-70(118)54(27-18-32-88-76(84)85)100-67(115)49(80)34-47-21-9-6-10-22-47/h5-10,19-22,44-45,48-54,64-65H,11-18,23-43,77-80H2,1-4H3,(H2,81,105)(H,86,106)(H,89,107)(H,90,108)(H,91,110)(H,92,111)(H,93,112)(H,94,109)(H,95,116)(H,96,121)(H,97,122)(H,98,113)(H,99,114)(H,100,115)(H,101,117)(H,102,118)(H,103,119)(H,104,120)(H4,82,83,87)(H4,84,85,88)/t48-,49-,50-,51-,52-,53-,54-,64-,65-/m0/s1. The predicted octanol–water partition coefficient (Wildman–Crippen LogP) is -10.6. The summed E-state index contributed by atoms with van der Waals surface area (Å²) in [6, 6.07) is 7.06. The normalized spacial score (nSPS) is 13.0. The Hall–Kier alpha value is -12.7. The molecule has 0 radical (unpaired) electrons. The molecule has 0 heterocycles. The van der Waals surface area contributed by atoms with Crippen molar-refractivity contribution in [1.29, 1.82) is 10.8 Å². The fraction of sp³-hybridized carbons (Fsp3) is 0.579. The van der Waals surface area contributed by atoms with Crippen LogP contribution in [-0.2, 0) is 99.1 Å². The number of hydrogen-bond acceptors (Lipinski definition) is 24. The summed E-state index contributed by atoms with van der Waals surface area (Å²) in [6.07, 6.45) is 2.88. The van der Waals surface area contributed by atoms with Crippen LogP contribution in [0.2, 0.25) is 0 Å². The molecule has 122 heavy (non-hydrogen) atoms. The lowest BCUT2D eigenvalue weighted by atomic mass is 10.0. The summed E-state index contributed by atoms with van der Waals surface area (Å²) in [7, 11) is 0. The van der Waals surface area contributed by atoms with Crippen molar-refractivity contribution < 1.29 is 86.3 Å². The number of unbranched alkanes of at least 4 members (excludes halogenated alkanes) is 3. The van der Waals surface area contributed by atoms with Crippen LogP contribution in [0.5, 0.6) is 0 Å². The number of benzene rings is 2. The predicted molar refractivity (Wildman–Crippen MR) is 447 cm³/mol. The zero-order chi connectivity index (χ0) is 91.1. The van der Waals surface area contributed by atoms with Crippen molar-refractivity contribution in [3.8, 4) is 0 Å². The Morgan fingerprint density at radius 1 is 0.287 bits per heavy atom. The van der Waals surface area contributed by atoms with E-state index in [4.69, 9.17) is 51.0 Å². The first-order chi connectivity index (χ1) is 57.9. The van der Waals surface area contributed by atoms with Crippen LogP contribution in [-0.4, -0.2) is 264 Å². The maximum atomic E-state index is 14.0. The molecule has 0 fully saturated rings. The molecule has 0 aliphatic rings. The van der Waals surface area contributed by atoms with Gasteiger partial charge in [0.1, 0.15) is 42.3 Å². The summed E-state index contributed by atoms with van der Waals surface area (Å²) >= 11 is 0. The van der Waals surface area contributed by atoms with Gasteiger partial charge in [0, 0.05) is 19.6 Å². The molecule has 0 bridgehead atoms. The topological polar surface area (TPSA) is 766 Å². The van der Waals surface area contributed by atoms with Crippen molar-refractivity contribution in [3.05, 3.63) is 71.8 Å². The van der Waals surface area contributed by atoms with Crippen LogP contribution >= 0.6 is 0 Å². The minimum atomic E-state index is -1.39. The van der Waals surface area contributed by atoms with Crippen LogP contribution in [0.1, 0.15) is 122 Å². The van der Waals surface area contributed by atoms with E-state index in [-0.39, 0.29) is 115 Å². The quantitative estimate of drug-likeness (QED) is 0.0166. The van der Waals surface area contributed by atoms with Crippen LogP contribution in [0.15, 0.2) is 60.7 Å². The second kappa shape index (κ2) is 59.9. The average molecular weight is 1720 g/mol. The number of nitrogens with two attached hydrogens (primary N) is 7. The zero-order valence-electron chi connectivity index (χ0n) is 69.5. The van der Waals surface area contributed by atoms with Gasteiger partial charge in [0.25, 0.3) is 0 Å². The summed E-state index contributed by atoms with van der Waals surface area (Å²) in [4.78, 5) is 236. The van der Waals surface area contributed by atoms with E-state index in [1.54, 1.807) is 88.4 Å². The Morgan fingerprint density at radius 3 is 0.885 bits per heavy atom. The van der Waals surface area contributed by atoms with E-state index in [1.165, 1.54) is 0 Å². The highest BCUT2D eigenvalue weighted by Gasteiger charge is 2.35. The molecule has 2 rings (SSSR count). The third kappa shape index (κ3) is 47.2. The Balaban J connectivity index is 2.01. The van der Waals surface area contributed by atoms with Gasteiger partial charge in [-0.3, -0.25) is 97.1 Å². The lowest BCUT2D eigenvalue weighted by Crippen LogP contribution is -2.59. The van der Waals surface area contributed by atoms with Gasteiger partial charge >= 0.3 is 0 Å². The van der Waals surface area contributed by atoms with E-state index >= 15 is 0 Å². The molecule has 35 N–H and O–H groups in total. The van der Waals surface area contributed by atoms with Crippen LogP contribution in [0.25, 0.3) is 0 Å². The maximum Gasteiger partial charge on any atom is 0.243 e. The molecular formula is C76H126N28O18. The Bertz CT molecular complexity index is 3790. The lowest BCUT2D eigenvalue weighted by molar-refractivity contribution is -0.135. The molecule has 0 unspecified atom stereocenters. The molecule has 0 aromatic heterocycles. The van der Waals surface area contributed by atoms with Gasteiger partial charge in [0.05, 0.1) is 71.0 Å². The summed E-state index contributed by atoms with van der Waals surface area (Å²) in [5.74, 6) is -16.1. The minimum Gasteiger partial charge on any atom is -0.370 e. The molecular weight excluding hydrogens is 1590 g/mol. The van der Waals surface area contributed by atoms with E-state index < -0.39 is 231 Å².